The van der Waals surface area contributed by atoms with Crippen LogP contribution >= 0.6 is 0 Å². The quantitative estimate of drug-likeness (QED) is 0.645. The summed E-state index contributed by atoms with van der Waals surface area (Å²) in [5.74, 6) is -0.369. The first-order valence-corrected chi connectivity index (χ1v) is 12.2. The summed E-state index contributed by atoms with van der Waals surface area (Å²) in [6.45, 7) is 9.89. The van der Waals surface area contributed by atoms with Crippen LogP contribution in [0.3, 0.4) is 0 Å². The second-order valence-corrected chi connectivity index (χ2v) is 11.1. The topological polar surface area (TPSA) is 111 Å². The third kappa shape index (κ3) is 6.76. The van der Waals surface area contributed by atoms with Crippen LogP contribution in [0.15, 0.2) is 0 Å². The van der Waals surface area contributed by atoms with Gasteiger partial charge in [-0.2, -0.15) is 0 Å². The van der Waals surface area contributed by atoms with Gasteiger partial charge in [0.15, 0.2) is 0 Å². The van der Waals surface area contributed by atoms with Crippen molar-refractivity contribution in [3.8, 4) is 0 Å². The average molecular weight is 483 g/mol. The number of amides is 4. The molecule has 4 amide bonds. The van der Waals surface area contributed by atoms with Crippen molar-refractivity contribution < 1.29 is 29.0 Å². The van der Waals surface area contributed by atoms with Crippen LogP contribution in [0.5, 0.6) is 0 Å². The van der Waals surface area contributed by atoms with Crippen LogP contribution in [0.2, 0.25) is 0 Å². The Balaban J connectivity index is 2.25. The zero-order valence-corrected chi connectivity index (χ0v) is 21.8. The summed E-state index contributed by atoms with van der Waals surface area (Å²) in [4.78, 5) is 57.2. The lowest BCUT2D eigenvalue weighted by atomic mass is 10.00. The highest BCUT2D eigenvalue weighted by Gasteiger charge is 2.43. The summed E-state index contributed by atoms with van der Waals surface area (Å²) in [7, 11) is 3.41. The fourth-order valence-corrected chi connectivity index (χ4v) is 4.79. The molecule has 0 aromatic rings. The van der Waals surface area contributed by atoms with Crippen molar-refractivity contribution >= 4 is 24.0 Å². The molecule has 0 spiro atoms. The first-order valence-electron chi connectivity index (χ1n) is 12.2. The molecule has 10 nitrogen and oxygen atoms in total. The maximum absolute atomic E-state index is 13.5. The van der Waals surface area contributed by atoms with Gasteiger partial charge in [0.1, 0.15) is 17.7 Å². The first-order chi connectivity index (χ1) is 15.7. The molecule has 0 aromatic heterocycles. The number of likely N-dealkylation sites (N-methyl/N-ethyl adjacent to an activating group) is 2. The Bertz CT molecular complexity index is 778. The van der Waals surface area contributed by atoms with Crippen LogP contribution in [0.1, 0.15) is 73.1 Å². The monoisotopic (exact) mass is 482 g/mol. The molecule has 2 aliphatic rings. The van der Waals surface area contributed by atoms with Crippen LogP contribution in [-0.2, 0) is 14.3 Å². The zero-order valence-electron chi connectivity index (χ0n) is 21.8. The normalized spacial score (nSPS) is 22.7. The van der Waals surface area contributed by atoms with Crippen molar-refractivity contribution in [2.75, 3.05) is 33.7 Å². The molecule has 0 aromatic carbocycles. The smallest absolute Gasteiger partial charge is 0.411 e. The van der Waals surface area contributed by atoms with Crippen molar-refractivity contribution in [2.45, 2.75) is 96.4 Å². The van der Waals surface area contributed by atoms with Gasteiger partial charge < -0.3 is 19.6 Å². The minimum Gasteiger partial charge on any atom is -0.465 e. The lowest BCUT2D eigenvalue weighted by Gasteiger charge is -2.43. The summed E-state index contributed by atoms with van der Waals surface area (Å²) in [5, 5.41) is 9.91. The van der Waals surface area contributed by atoms with Crippen LogP contribution in [0.4, 0.5) is 9.59 Å². The number of carbonyl (C=O) groups is 4. The highest BCUT2D eigenvalue weighted by molar-refractivity contribution is 5.87. The summed E-state index contributed by atoms with van der Waals surface area (Å²) in [5.41, 5.74) is -1.91. The fraction of sp³-hybridized carbons (Fsp3) is 0.833. The number of hydrogen-bond donors (Lipinski definition) is 1. The molecule has 2 aliphatic heterocycles. The summed E-state index contributed by atoms with van der Waals surface area (Å²) in [6.07, 6.45) is 2.31. The Kier molecular flexibility index (Phi) is 8.82. The van der Waals surface area contributed by atoms with E-state index in [-0.39, 0.29) is 18.4 Å². The lowest BCUT2D eigenvalue weighted by Crippen LogP contribution is -2.59. The van der Waals surface area contributed by atoms with Crippen molar-refractivity contribution in [2.24, 2.45) is 0 Å². The molecule has 2 atom stereocenters. The Labute approximate surface area is 203 Å². The van der Waals surface area contributed by atoms with Crippen LogP contribution < -0.4 is 0 Å². The van der Waals surface area contributed by atoms with Crippen molar-refractivity contribution in [1.29, 1.82) is 0 Å². The average Bonchev–Trinajstić information content (AvgIpc) is 2.96. The van der Waals surface area contributed by atoms with Crippen molar-refractivity contribution in [3.63, 3.8) is 0 Å². The molecule has 1 N–H and O–H groups in total. The molecular weight excluding hydrogens is 440 g/mol. The van der Waals surface area contributed by atoms with Gasteiger partial charge in [0.25, 0.3) is 0 Å². The number of nitrogens with zero attached hydrogens (tertiary/aromatic N) is 4. The number of carboxylic acid groups (broad SMARTS) is 1. The highest BCUT2D eigenvalue weighted by atomic mass is 16.6. The van der Waals surface area contributed by atoms with Crippen LogP contribution in [0.25, 0.3) is 0 Å². The molecule has 34 heavy (non-hydrogen) atoms. The van der Waals surface area contributed by atoms with E-state index in [4.69, 9.17) is 4.74 Å². The Morgan fingerprint density at radius 2 is 1.38 bits per heavy atom. The summed E-state index contributed by atoms with van der Waals surface area (Å²) in [6, 6.07) is -1.47. The standard InChI is InChI=1S/C24H42N4O6/c1-23(2,3)28(18-13-9-11-15-26(7)20(18)30)22(33)34-24(4,5)16-27(21(31)32)17-12-8-10-14-25(6)19(17)29/h17-18H,8-16H2,1-7H3,(H,31,32). The number of ether oxygens (including phenoxy) is 1. The summed E-state index contributed by atoms with van der Waals surface area (Å²) >= 11 is 0. The van der Waals surface area contributed by atoms with Gasteiger partial charge in [-0.1, -0.05) is 0 Å². The van der Waals surface area contributed by atoms with Crippen molar-refractivity contribution in [1.82, 2.24) is 19.6 Å². The molecular formula is C24H42N4O6. The maximum Gasteiger partial charge on any atom is 0.411 e. The van der Waals surface area contributed by atoms with Gasteiger partial charge in [0.2, 0.25) is 11.8 Å². The van der Waals surface area contributed by atoms with Crippen molar-refractivity contribution in [3.05, 3.63) is 0 Å². The van der Waals surface area contributed by atoms with E-state index in [2.05, 4.69) is 0 Å². The number of likely N-dealkylation sites (tertiary alicyclic amines) is 2. The minimum absolute atomic E-state index is 0.124. The van der Waals surface area contributed by atoms with Gasteiger partial charge >= 0.3 is 12.2 Å². The van der Waals surface area contributed by atoms with Crippen LogP contribution in [-0.4, -0.2) is 106 Å². The highest BCUT2D eigenvalue weighted by Crippen LogP contribution is 2.28. The van der Waals surface area contributed by atoms with E-state index >= 15 is 0 Å². The van der Waals surface area contributed by atoms with Crippen LogP contribution in [0, 0.1) is 0 Å². The molecule has 2 heterocycles. The van der Waals surface area contributed by atoms with Gasteiger partial charge in [-0.15, -0.1) is 0 Å². The molecule has 2 fully saturated rings. The lowest BCUT2D eigenvalue weighted by molar-refractivity contribution is -0.138. The van der Waals surface area contributed by atoms with Gasteiger partial charge in [-0.25, -0.2) is 9.59 Å². The number of hydrogen-bond acceptors (Lipinski definition) is 5. The van der Waals surface area contributed by atoms with E-state index in [0.29, 0.717) is 25.9 Å². The van der Waals surface area contributed by atoms with Gasteiger partial charge in [0, 0.05) is 32.7 Å². The largest absolute Gasteiger partial charge is 0.465 e. The Morgan fingerprint density at radius 1 is 0.912 bits per heavy atom. The molecule has 2 saturated heterocycles. The molecule has 0 radical (unpaired) electrons. The van der Waals surface area contributed by atoms with E-state index in [1.165, 1.54) is 4.90 Å². The number of rotatable bonds is 5. The Morgan fingerprint density at radius 3 is 1.85 bits per heavy atom. The second kappa shape index (κ2) is 10.8. The third-order valence-corrected chi connectivity index (χ3v) is 6.53. The van der Waals surface area contributed by atoms with Gasteiger partial charge in [-0.05, 0) is 73.1 Å². The van der Waals surface area contributed by atoms with E-state index in [0.717, 1.165) is 30.6 Å². The van der Waals surface area contributed by atoms with Gasteiger partial charge in [-0.3, -0.25) is 19.4 Å². The zero-order chi connectivity index (χ0) is 25.8. The predicted octanol–water partition coefficient (Wildman–Crippen LogP) is 3.00. The minimum atomic E-state index is -1.23. The molecule has 2 unspecified atom stereocenters. The van der Waals surface area contributed by atoms with E-state index in [1.807, 2.05) is 20.8 Å². The fourth-order valence-electron chi connectivity index (χ4n) is 4.79. The van der Waals surface area contributed by atoms with E-state index < -0.39 is 35.4 Å². The Hall–Kier alpha value is -2.52. The third-order valence-electron chi connectivity index (χ3n) is 6.53. The van der Waals surface area contributed by atoms with Gasteiger partial charge in [0.05, 0.1) is 6.54 Å². The van der Waals surface area contributed by atoms with E-state index in [1.54, 1.807) is 37.7 Å². The molecule has 10 heteroatoms. The second-order valence-electron chi connectivity index (χ2n) is 11.1. The van der Waals surface area contributed by atoms with E-state index in [9.17, 15) is 24.3 Å². The molecule has 0 aliphatic carbocycles. The summed E-state index contributed by atoms with van der Waals surface area (Å²) < 4.78 is 5.86. The maximum atomic E-state index is 13.5. The molecule has 0 bridgehead atoms. The molecule has 0 saturated carbocycles. The number of carbonyl (C=O) groups excluding carboxylic acids is 3. The SMILES string of the molecule is CN1CCCCC(N(CC(C)(C)OC(=O)N(C2CCCCN(C)C2=O)C(C)(C)C)C(=O)O)C1=O. The predicted molar refractivity (Wildman–Crippen MR) is 127 cm³/mol. The molecule has 2 rings (SSSR count). The first kappa shape index (κ1) is 27.7. The molecule has 194 valence electrons.